The number of hydrogen-bond donors (Lipinski definition) is 0. The summed E-state index contributed by atoms with van der Waals surface area (Å²) in [4.78, 5) is 10.9. The van der Waals surface area contributed by atoms with Gasteiger partial charge in [-0.25, -0.2) is 4.79 Å². The van der Waals surface area contributed by atoms with Crippen LogP contribution in [0.3, 0.4) is 0 Å². The van der Waals surface area contributed by atoms with Gasteiger partial charge in [0.25, 0.3) is 0 Å². The molecule has 1 heterocycles. The fourth-order valence-corrected chi connectivity index (χ4v) is 1.53. The molecule has 0 bridgehead atoms. The van der Waals surface area contributed by atoms with E-state index in [0.717, 1.165) is 31.4 Å². The Labute approximate surface area is 102 Å². The number of ether oxygens (including phenoxy) is 3. The summed E-state index contributed by atoms with van der Waals surface area (Å²) in [5.74, 6) is -0.344. The van der Waals surface area contributed by atoms with Crippen molar-refractivity contribution in [2.75, 3.05) is 20.3 Å². The number of allylic oxidation sites excluding steroid dienone is 2. The summed E-state index contributed by atoms with van der Waals surface area (Å²) < 4.78 is 15.5. The second-order valence-electron chi connectivity index (χ2n) is 3.94. The Morgan fingerprint density at radius 2 is 2.29 bits per heavy atom. The van der Waals surface area contributed by atoms with E-state index < -0.39 is 0 Å². The van der Waals surface area contributed by atoms with Gasteiger partial charge in [0.2, 0.25) is 0 Å². The Kier molecular flexibility index (Phi) is 6.58. The van der Waals surface area contributed by atoms with E-state index in [0.29, 0.717) is 6.61 Å². The largest absolute Gasteiger partial charge is 0.466 e. The Hall–Kier alpha value is -1.13. The highest BCUT2D eigenvalue weighted by atomic mass is 16.7. The lowest BCUT2D eigenvalue weighted by atomic mass is 10.2. The summed E-state index contributed by atoms with van der Waals surface area (Å²) in [6.07, 6.45) is 8.32. The van der Waals surface area contributed by atoms with Crippen LogP contribution in [0.15, 0.2) is 23.8 Å². The molecule has 17 heavy (non-hydrogen) atoms. The lowest BCUT2D eigenvalue weighted by Gasteiger charge is -2.21. The fourth-order valence-electron chi connectivity index (χ4n) is 1.53. The third-order valence-electron chi connectivity index (χ3n) is 2.44. The number of methoxy groups -OCH3 is 1. The van der Waals surface area contributed by atoms with Gasteiger partial charge in [-0.2, -0.15) is 0 Å². The van der Waals surface area contributed by atoms with Crippen molar-refractivity contribution >= 4 is 5.97 Å². The molecular weight excluding hydrogens is 220 g/mol. The van der Waals surface area contributed by atoms with E-state index in [-0.39, 0.29) is 12.3 Å². The quantitative estimate of drug-likeness (QED) is 0.420. The van der Waals surface area contributed by atoms with Gasteiger partial charge in [0.1, 0.15) is 0 Å². The first-order valence-corrected chi connectivity index (χ1v) is 5.88. The van der Waals surface area contributed by atoms with Crippen LogP contribution in [0.25, 0.3) is 0 Å². The highest BCUT2D eigenvalue weighted by Crippen LogP contribution is 2.13. The van der Waals surface area contributed by atoms with E-state index in [1.54, 1.807) is 0 Å². The summed E-state index contributed by atoms with van der Waals surface area (Å²) >= 11 is 0. The van der Waals surface area contributed by atoms with Gasteiger partial charge in [0.05, 0.1) is 13.7 Å². The van der Waals surface area contributed by atoms with Crippen molar-refractivity contribution in [3.8, 4) is 0 Å². The molecule has 0 radical (unpaired) electrons. The molecule has 0 aliphatic carbocycles. The molecule has 4 heteroatoms. The zero-order valence-electron chi connectivity index (χ0n) is 10.5. The Morgan fingerprint density at radius 1 is 1.47 bits per heavy atom. The zero-order valence-corrected chi connectivity index (χ0v) is 10.5. The van der Waals surface area contributed by atoms with Crippen LogP contribution in [0.1, 0.15) is 26.2 Å². The predicted molar refractivity (Wildman–Crippen MR) is 64.5 cm³/mol. The lowest BCUT2D eigenvalue weighted by molar-refractivity contribution is -0.155. The molecule has 0 saturated carbocycles. The highest BCUT2D eigenvalue weighted by Gasteiger charge is 2.12. The number of rotatable bonds is 5. The zero-order chi connectivity index (χ0) is 12.5. The first-order valence-electron chi connectivity index (χ1n) is 5.88. The standard InChI is InChI=1S/C13H20O4/c1-11(10-12(14)15-2)6-5-9-17-13-7-3-4-8-16-13/h5-6,10,13H,3-4,7-9H2,1-2H3. The van der Waals surface area contributed by atoms with Crippen LogP contribution in [0.4, 0.5) is 0 Å². The Morgan fingerprint density at radius 3 is 2.94 bits per heavy atom. The van der Waals surface area contributed by atoms with Crippen molar-refractivity contribution in [2.24, 2.45) is 0 Å². The molecule has 1 fully saturated rings. The minimum atomic E-state index is -0.344. The third kappa shape index (κ3) is 6.24. The molecule has 0 spiro atoms. The van der Waals surface area contributed by atoms with Crippen molar-refractivity contribution in [1.29, 1.82) is 0 Å². The van der Waals surface area contributed by atoms with Gasteiger partial charge >= 0.3 is 5.97 Å². The van der Waals surface area contributed by atoms with Crippen LogP contribution in [0.5, 0.6) is 0 Å². The molecule has 1 aliphatic rings. The summed E-state index contributed by atoms with van der Waals surface area (Å²) in [6, 6.07) is 0. The van der Waals surface area contributed by atoms with Crippen molar-refractivity contribution < 1.29 is 19.0 Å². The van der Waals surface area contributed by atoms with Crippen LogP contribution in [-0.4, -0.2) is 32.6 Å². The summed E-state index contributed by atoms with van der Waals surface area (Å²) in [6.45, 7) is 3.12. The van der Waals surface area contributed by atoms with E-state index in [1.165, 1.54) is 13.2 Å². The van der Waals surface area contributed by atoms with Gasteiger partial charge in [0.15, 0.2) is 6.29 Å². The van der Waals surface area contributed by atoms with E-state index in [4.69, 9.17) is 9.47 Å². The maximum atomic E-state index is 10.9. The lowest BCUT2D eigenvalue weighted by Crippen LogP contribution is -2.22. The first-order chi connectivity index (χ1) is 8.22. The van der Waals surface area contributed by atoms with E-state index in [1.807, 2.05) is 19.1 Å². The van der Waals surface area contributed by atoms with Crippen LogP contribution < -0.4 is 0 Å². The van der Waals surface area contributed by atoms with Gasteiger partial charge < -0.3 is 14.2 Å². The van der Waals surface area contributed by atoms with Gasteiger partial charge in [-0.1, -0.05) is 12.2 Å². The van der Waals surface area contributed by atoms with Crippen molar-refractivity contribution in [3.63, 3.8) is 0 Å². The van der Waals surface area contributed by atoms with E-state index in [2.05, 4.69) is 4.74 Å². The molecule has 0 amide bonds. The van der Waals surface area contributed by atoms with Crippen LogP contribution in [-0.2, 0) is 19.0 Å². The SMILES string of the molecule is COC(=O)C=C(C)C=CCOC1CCCCO1. The fraction of sp³-hybridized carbons (Fsp3) is 0.615. The molecule has 1 atom stereocenters. The van der Waals surface area contributed by atoms with Crippen LogP contribution >= 0.6 is 0 Å². The van der Waals surface area contributed by atoms with Gasteiger partial charge in [-0.3, -0.25) is 0 Å². The monoisotopic (exact) mass is 240 g/mol. The Bertz CT molecular complexity index is 288. The second kappa shape index (κ2) is 8.03. The second-order valence-corrected chi connectivity index (χ2v) is 3.94. The normalized spacial score (nSPS) is 21.8. The maximum absolute atomic E-state index is 10.9. The van der Waals surface area contributed by atoms with Gasteiger partial charge in [0, 0.05) is 12.7 Å². The highest BCUT2D eigenvalue weighted by molar-refractivity contribution is 5.83. The molecule has 1 unspecified atom stereocenters. The van der Waals surface area contributed by atoms with Crippen molar-refractivity contribution in [3.05, 3.63) is 23.8 Å². The summed E-state index contributed by atoms with van der Waals surface area (Å²) in [5.41, 5.74) is 0.838. The summed E-state index contributed by atoms with van der Waals surface area (Å²) in [5, 5.41) is 0. The molecule has 0 aromatic carbocycles. The van der Waals surface area contributed by atoms with Crippen LogP contribution in [0.2, 0.25) is 0 Å². The molecule has 0 aromatic rings. The number of hydrogen-bond acceptors (Lipinski definition) is 4. The van der Waals surface area contributed by atoms with Gasteiger partial charge in [-0.15, -0.1) is 0 Å². The van der Waals surface area contributed by atoms with Crippen molar-refractivity contribution in [1.82, 2.24) is 0 Å². The smallest absolute Gasteiger partial charge is 0.330 e. The number of carbonyl (C=O) groups is 1. The average Bonchev–Trinajstić information content (AvgIpc) is 2.36. The van der Waals surface area contributed by atoms with E-state index >= 15 is 0 Å². The molecule has 4 nitrogen and oxygen atoms in total. The number of carbonyl (C=O) groups excluding carboxylic acids is 1. The predicted octanol–water partition coefficient (Wildman–Crippen LogP) is 2.21. The maximum Gasteiger partial charge on any atom is 0.330 e. The molecule has 96 valence electrons. The minimum Gasteiger partial charge on any atom is -0.466 e. The van der Waals surface area contributed by atoms with E-state index in [9.17, 15) is 4.79 Å². The third-order valence-corrected chi connectivity index (χ3v) is 2.44. The first kappa shape index (κ1) is 13.9. The molecule has 1 aliphatic heterocycles. The Balaban J connectivity index is 2.20. The van der Waals surface area contributed by atoms with Crippen LogP contribution in [0, 0.1) is 0 Å². The van der Waals surface area contributed by atoms with Crippen molar-refractivity contribution in [2.45, 2.75) is 32.5 Å². The molecule has 1 saturated heterocycles. The minimum absolute atomic E-state index is 0.0710. The number of esters is 1. The molecular formula is C13H20O4. The average molecular weight is 240 g/mol. The summed E-state index contributed by atoms with van der Waals surface area (Å²) in [7, 11) is 1.36. The van der Waals surface area contributed by atoms with Gasteiger partial charge in [-0.05, 0) is 31.8 Å². The molecule has 1 rings (SSSR count). The topological polar surface area (TPSA) is 44.8 Å². The molecule has 0 aromatic heterocycles. The molecule has 0 N–H and O–H groups in total.